The van der Waals surface area contributed by atoms with E-state index >= 15 is 0 Å². The molecule has 3 heteroatoms. The molecular formula is C31H52O3. The summed E-state index contributed by atoms with van der Waals surface area (Å²) in [6.07, 6.45) is 15.8. The fourth-order valence-electron chi connectivity index (χ4n) is 9.78. The molecule has 0 unspecified atom stereocenters. The summed E-state index contributed by atoms with van der Waals surface area (Å²) in [6.45, 7) is 14.0. The van der Waals surface area contributed by atoms with E-state index in [1.807, 2.05) is 0 Å². The minimum absolute atomic E-state index is 0.0258. The van der Waals surface area contributed by atoms with Gasteiger partial charge < -0.3 is 4.74 Å². The highest BCUT2D eigenvalue weighted by atomic mass is 16.5. The summed E-state index contributed by atoms with van der Waals surface area (Å²) in [5, 5.41) is 0. The van der Waals surface area contributed by atoms with Crippen molar-refractivity contribution in [3.05, 3.63) is 0 Å². The number of hydrogen-bond donors (Lipinski definition) is 0. The van der Waals surface area contributed by atoms with Crippen LogP contribution in [0, 0.1) is 52.3 Å². The molecule has 0 aromatic carbocycles. The van der Waals surface area contributed by atoms with E-state index in [4.69, 9.17) is 4.74 Å². The van der Waals surface area contributed by atoms with Crippen LogP contribution in [0.25, 0.3) is 0 Å². The van der Waals surface area contributed by atoms with Gasteiger partial charge in [-0.05, 0) is 117 Å². The third kappa shape index (κ3) is 5.01. The Balaban J connectivity index is 1.39. The molecule has 0 spiro atoms. The molecule has 0 aromatic heterocycles. The lowest BCUT2D eigenvalue weighted by Gasteiger charge is -2.61. The molecule has 0 radical (unpaired) electrons. The fourth-order valence-corrected chi connectivity index (χ4v) is 9.78. The summed E-state index contributed by atoms with van der Waals surface area (Å²) >= 11 is 0. The van der Waals surface area contributed by atoms with E-state index in [9.17, 15) is 9.59 Å². The van der Waals surface area contributed by atoms with E-state index in [-0.39, 0.29) is 24.3 Å². The molecule has 4 aliphatic rings. The zero-order chi connectivity index (χ0) is 24.7. The molecule has 0 aromatic rings. The van der Waals surface area contributed by atoms with Crippen LogP contribution in [-0.4, -0.2) is 17.9 Å². The average Bonchev–Trinajstić information content (AvgIpc) is 3.10. The molecule has 34 heavy (non-hydrogen) atoms. The summed E-state index contributed by atoms with van der Waals surface area (Å²) in [5.74, 6) is 5.58. The lowest BCUT2D eigenvalue weighted by Crippen LogP contribution is -2.54. The van der Waals surface area contributed by atoms with Gasteiger partial charge in [0.05, 0.1) is 0 Å². The molecule has 0 amide bonds. The Kier molecular flexibility index (Phi) is 7.90. The van der Waals surface area contributed by atoms with E-state index in [0.717, 1.165) is 48.3 Å². The van der Waals surface area contributed by atoms with Crippen LogP contribution in [0.3, 0.4) is 0 Å². The van der Waals surface area contributed by atoms with Crippen LogP contribution in [0.15, 0.2) is 0 Å². The molecule has 9 atom stereocenters. The Morgan fingerprint density at radius 2 is 1.59 bits per heavy atom. The lowest BCUT2D eigenvalue weighted by atomic mass is 9.44. The zero-order valence-corrected chi connectivity index (χ0v) is 23.0. The molecule has 4 fully saturated rings. The second kappa shape index (κ2) is 10.3. The maximum absolute atomic E-state index is 12.1. The maximum Gasteiger partial charge on any atom is 0.313 e. The summed E-state index contributed by atoms with van der Waals surface area (Å²) in [6, 6.07) is 0. The van der Waals surface area contributed by atoms with Gasteiger partial charge >= 0.3 is 5.97 Å². The predicted octanol–water partition coefficient (Wildman–Crippen LogP) is 8.00. The normalized spacial score (nSPS) is 42.4. The van der Waals surface area contributed by atoms with Crippen LogP contribution in [0.4, 0.5) is 0 Å². The molecule has 4 saturated carbocycles. The Morgan fingerprint density at radius 1 is 0.882 bits per heavy atom. The van der Waals surface area contributed by atoms with Crippen molar-refractivity contribution in [3.63, 3.8) is 0 Å². The van der Waals surface area contributed by atoms with Gasteiger partial charge in [0, 0.05) is 0 Å². The first-order chi connectivity index (χ1) is 16.0. The second-order valence-electron chi connectivity index (χ2n) is 14.0. The first kappa shape index (κ1) is 26.2. The molecule has 0 aliphatic heterocycles. The van der Waals surface area contributed by atoms with Crippen molar-refractivity contribution < 1.29 is 14.3 Å². The number of fused-ring (bicyclic) bond motifs is 5. The van der Waals surface area contributed by atoms with E-state index in [1.165, 1.54) is 71.1 Å². The fraction of sp³-hybridized carbons (Fsp3) is 0.935. The molecule has 0 saturated heterocycles. The SMILES string of the molecule is CC(=O)CC(=O)O[C@@H]1CC[C@@]2(C)[C@H](CC[C@H]3[C@H]4CC[C@@H]([C@@H](C)CCCC(C)C)[C@@]4(C)CC[C@@H]32)C1. The average molecular weight is 473 g/mol. The first-order valence-corrected chi connectivity index (χ1v) is 14.7. The highest BCUT2D eigenvalue weighted by Gasteiger charge is 2.60. The van der Waals surface area contributed by atoms with Gasteiger partial charge in [-0.3, -0.25) is 9.59 Å². The minimum Gasteiger partial charge on any atom is -0.462 e. The smallest absolute Gasteiger partial charge is 0.313 e. The van der Waals surface area contributed by atoms with Gasteiger partial charge in [0.15, 0.2) is 0 Å². The van der Waals surface area contributed by atoms with Gasteiger partial charge in [0.2, 0.25) is 0 Å². The first-order valence-electron chi connectivity index (χ1n) is 14.7. The molecule has 194 valence electrons. The Hall–Kier alpha value is -0.860. The van der Waals surface area contributed by atoms with Crippen molar-refractivity contribution in [2.45, 2.75) is 131 Å². The van der Waals surface area contributed by atoms with Gasteiger partial charge in [0.25, 0.3) is 0 Å². The van der Waals surface area contributed by atoms with Gasteiger partial charge in [-0.15, -0.1) is 0 Å². The van der Waals surface area contributed by atoms with Crippen molar-refractivity contribution in [3.8, 4) is 0 Å². The Labute approximate surface area is 209 Å². The molecular weight excluding hydrogens is 420 g/mol. The largest absolute Gasteiger partial charge is 0.462 e. The summed E-state index contributed by atoms with van der Waals surface area (Å²) < 4.78 is 5.75. The Bertz CT molecular complexity index is 743. The third-order valence-electron chi connectivity index (χ3n) is 11.5. The summed E-state index contributed by atoms with van der Waals surface area (Å²) in [7, 11) is 0. The number of ether oxygens (including phenoxy) is 1. The van der Waals surface area contributed by atoms with E-state index in [0.29, 0.717) is 16.7 Å². The standard InChI is InChI=1S/C31H52O3/c1-20(2)8-7-9-21(3)26-12-13-27-25-11-10-23-19-24(34-29(33)18-22(4)32)14-16-30(23,5)28(25)15-17-31(26,27)6/h20-21,23-28H,7-19H2,1-6H3/t21-,23+,24+,25-,26-,27+,28-,30-,31+/m0/s1. The quantitative estimate of drug-likeness (QED) is 0.265. The van der Waals surface area contributed by atoms with Crippen LogP contribution in [-0.2, 0) is 14.3 Å². The van der Waals surface area contributed by atoms with Crippen LogP contribution in [0.2, 0.25) is 0 Å². The Morgan fingerprint density at radius 3 is 2.29 bits per heavy atom. The monoisotopic (exact) mass is 472 g/mol. The van der Waals surface area contributed by atoms with Crippen molar-refractivity contribution in [1.29, 1.82) is 0 Å². The number of rotatable bonds is 8. The van der Waals surface area contributed by atoms with Gasteiger partial charge in [-0.2, -0.15) is 0 Å². The summed E-state index contributed by atoms with van der Waals surface area (Å²) in [5.41, 5.74) is 0.968. The van der Waals surface area contributed by atoms with Crippen molar-refractivity contribution in [1.82, 2.24) is 0 Å². The number of carbonyl (C=O) groups excluding carboxylic acids is 2. The molecule has 3 nitrogen and oxygen atoms in total. The van der Waals surface area contributed by atoms with E-state index in [1.54, 1.807) is 0 Å². The number of carbonyl (C=O) groups is 2. The van der Waals surface area contributed by atoms with Crippen LogP contribution in [0.1, 0.15) is 125 Å². The predicted molar refractivity (Wildman–Crippen MR) is 138 cm³/mol. The number of ketones is 1. The molecule has 4 aliphatic carbocycles. The summed E-state index contributed by atoms with van der Waals surface area (Å²) in [4.78, 5) is 23.4. The minimum atomic E-state index is -0.317. The molecule has 0 bridgehead atoms. The number of Topliss-reactive ketones (excluding diaryl/α,β-unsaturated/α-hetero) is 1. The topological polar surface area (TPSA) is 43.4 Å². The molecule has 0 heterocycles. The van der Waals surface area contributed by atoms with Crippen molar-refractivity contribution in [2.24, 2.45) is 52.3 Å². The van der Waals surface area contributed by atoms with Gasteiger partial charge in [-0.25, -0.2) is 0 Å². The van der Waals surface area contributed by atoms with E-state index < -0.39 is 0 Å². The van der Waals surface area contributed by atoms with Crippen molar-refractivity contribution >= 4 is 11.8 Å². The molecule has 0 N–H and O–H groups in total. The lowest BCUT2D eigenvalue weighted by molar-refractivity contribution is -0.163. The highest BCUT2D eigenvalue weighted by Crippen LogP contribution is 2.68. The zero-order valence-electron chi connectivity index (χ0n) is 23.0. The number of hydrogen-bond acceptors (Lipinski definition) is 3. The highest BCUT2D eigenvalue weighted by molar-refractivity contribution is 5.94. The van der Waals surface area contributed by atoms with Gasteiger partial charge in [-0.1, -0.05) is 53.9 Å². The van der Waals surface area contributed by atoms with Crippen LogP contribution < -0.4 is 0 Å². The van der Waals surface area contributed by atoms with Crippen LogP contribution in [0.5, 0.6) is 0 Å². The van der Waals surface area contributed by atoms with Crippen LogP contribution >= 0.6 is 0 Å². The van der Waals surface area contributed by atoms with Crippen molar-refractivity contribution in [2.75, 3.05) is 0 Å². The number of esters is 1. The molecule has 4 rings (SSSR count). The maximum atomic E-state index is 12.1. The third-order valence-corrected chi connectivity index (χ3v) is 11.5. The van der Waals surface area contributed by atoms with E-state index in [2.05, 4.69) is 34.6 Å². The van der Waals surface area contributed by atoms with Gasteiger partial charge in [0.1, 0.15) is 18.3 Å². The second-order valence-corrected chi connectivity index (χ2v) is 14.0.